The zero-order chi connectivity index (χ0) is 19.1. The number of nitriles is 1. The molecule has 1 fully saturated rings. The van der Waals surface area contributed by atoms with Crippen LogP contribution < -0.4 is 14.8 Å². The van der Waals surface area contributed by atoms with E-state index < -0.39 is 0 Å². The molecule has 27 heavy (non-hydrogen) atoms. The standard InChI is InChI=1S/C19H24N4O4/c1-25-9-4-21-19(24)16(11-20)13-23-7-5-22(6-8-23)12-15-2-3-17-18(10-15)27-14-26-17/h2-3,10,13H,4-9,12,14H2,1H3,(H,21,24)/b16-13-. The zero-order valence-electron chi connectivity index (χ0n) is 15.4. The Balaban J connectivity index is 1.49. The molecule has 0 atom stereocenters. The monoisotopic (exact) mass is 372 g/mol. The van der Waals surface area contributed by atoms with Crippen LogP contribution in [0.2, 0.25) is 0 Å². The molecule has 2 aliphatic rings. The second-order valence-electron chi connectivity index (χ2n) is 6.40. The van der Waals surface area contributed by atoms with E-state index in [4.69, 9.17) is 14.2 Å². The number of benzene rings is 1. The van der Waals surface area contributed by atoms with Gasteiger partial charge in [-0.2, -0.15) is 5.26 Å². The number of hydrogen-bond acceptors (Lipinski definition) is 7. The summed E-state index contributed by atoms with van der Waals surface area (Å²) in [5.74, 6) is 1.23. The lowest BCUT2D eigenvalue weighted by Crippen LogP contribution is -2.44. The van der Waals surface area contributed by atoms with Gasteiger partial charge in [0.2, 0.25) is 6.79 Å². The lowest BCUT2D eigenvalue weighted by atomic mass is 10.1. The Morgan fingerprint density at radius 1 is 1.30 bits per heavy atom. The molecule has 1 aromatic carbocycles. The highest BCUT2D eigenvalue weighted by atomic mass is 16.7. The molecule has 144 valence electrons. The van der Waals surface area contributed by atoms with Crippen LogP contribution in [0.25, 0.3) is 0 Å². The summed E-state index contributed by atoms with van der Waals surface area (Å²) in [5, 5.41) is 11.9. The van der Waals surface area contributed by atoms with Gasteiger partial charge in [0.15, 0.2) is 11.5 Å². The summed E-state index contributed by atoms with van der Waals surface area (Å²) >= 11 is 0. The van der Waals surface area contributed by atoms with E-state index in [1.165, 1.54) is 5.56 Å². The molecule has 0 bridgehead atoms. The van der Waals surface area contributed by atoms with Crippen LogP contribution in [0.4, 0.5) is 0 Å². The average molecular weight is 372 g/mol. The third-order valence-electron chi connectivity index (χ3n) is 4.52. The van der Waals surface area contributed by atoms with Crippen LogP contribution in [0.15, 0.2) is 30.0 Å². The maximum absolute atomic E-state index is 12.0. The molecule has 0 unspecified atom stereocenters. The first kappa shape index (κ1) is 19.0. The topological polar surface area (TPSA) is 87.1 Å². The minimum absolute atomic E-state index is 0.121. The molecule has 1 aromatic rings. The van der Waals surface area contributed by atoms with Crippen molar-refractivity contribution in [1.82, 2.24) is 15.1 Å². The summed E-state index contributed by atoms with van der Waals surface area (Å²) in [5.41, 5.74) is 1.30. The van der Waals surface area contributed by atoms with Crippen molar-refractivity contribution in [3.05, 3.63) is 35.5 Å². The number of ether oxygens (including phenoxy) is 3. The summed E-state index contributed by atoms with van der Waals surface area (Å²) in [4.78, 5) is 16.4. The maximum Gasteiger partial charge on any atom is 0.263 e. The fourth-order valence-corrected chi connectivity index (χ4v) is 3.03. The van der Waals surface area contributed by atoms with E-state index in [1.54, 1.807) is 13.3 Å². The number of hydrogen-bond donors (Lipinski definition) is 1. The van der Waals surface area contributed by atoms with Gasteiger partial charge in [0.1, 0.15) is 11.6 Å². The second kappa shape index (κ2) is 9.26. The molecule has 8 heteroatoms. The molecule has 8 nitrogen and oxygen atoms in total. The largest absolute Gasteiger partial charge is 0.454 e. The lowest BCUT2D eigenvalue weighted by molar-refractivity contribution is -0.117. The van der Waals surface area contributed by atoms with Crippen LogP contribution in [0.5, 0.6) is 11.5 Å². The Morgan fingerprint density at radius 3 is 2.81 bits per heavy atom. The SMILES string of the molecule is COCCNC(=O)/C(C#N)=C\N1CCN(Cc2ccc3c(c2)OCO3)CC1. The third-order valence-corrected chi connectivity index (χ3v) is 4.52. The quantitative estimate of drug-likeness (QED) is 0.428. The second-order valence-corrected chi connectivity index (χ2v) is 6.40. The number of rotatable bonds is 7. The fourth-order valence-electron chi connectivity index (χ4n) is 3.03. The molecule has 0 saturated carbocycles. The summed E-state index contributed by atoms with van der Waals surface area (Å²) in [7, 11) is 1.57. The molecule has 0 aliphatic carbocycles. The van der Waals surface area contributed by atoms with Gasteiger partial charge in [-0.25, -0.2) is 0 Å². The van der Waals surface area contributed by atoms with Gasteiger partial charge in [-0.3, -0.25) is 9.69 Å². The Hall–Kier alpha value is -2.76. The van der Waals surface area contributed by atoms with Crippen LogP contribution in [0.1, 0.15) is 5.56 Å². The van der Waals surface area contributed by atoms with Gasteiger partial charge in [0.25, 0.3) is 5.91 Å². The van der Waals surface area contributed by atoms with Gasteiger partial charge in [0.05, 0.1) is 6.61 Å². The first-order valence-electron chi connectivity index (χ1n) is 8.93. The molecule has 2 heterocycles. The van der Waals surface area contributed by atoms with E-state index >= 15 is 0 Å². The predicted molar refractivity (Wildman–Crippen MR) is 98.0 cm³/mol. The van der Waals surface area contributed by atoms with E-state index in [2.05, 4.69) is 16.3 Å². The fraction of sp³-hybridized carbons (Fsp3) is 0.474. The summed E-state index contributed by atoms with van der Waals surface area (Å²) in [6.07, 6.45) is 1.65. The Labute approximate surface area is 158 Å². The molecular formula is C19H24N4O4. The minimum atomic E-state index is -0.364. The molecule has 1 saturated heterocycles. The molecule has 0 spiro atoms. The lowest BCUT2D eigenvalue weighted by Gasteiger charge is -2.34. The molecular weight excluding hydrogens is 348 g/mol. The van der Waals surface area contributed by atoms with E-state index in [1.807, 2.05) is 23.1 Å². The highest BCUT2D eigenvalue weighted by Crippen LogP contribution is 2.32. The van der Waals surface area contributed by atoms with E-state index in [0.717, 1.165) is 44.2 Å². The Kier molecular flexibility index (Phi) is 6.52. The van der Waals surface area contributed by atoms with Gasteiger partial charge >= 0.3 is 0 Å². The number of fused-ring (bicyclic) bond motifs is 1. The number of carbonyl (C=O) groups is 1. The highest BCUT2D eigenvalue weighted by molar-refractivity contribution is 5.97. The molecule has 2 aliphatic heterocycles. The normalized spacial score (nSPS) is 16.9. The van der Waals surface area contributed by atoms with Crippen LogP contribution in [-0.4, -0.2) is 68.9 Å². The van der Waals surface area contributed by atoms with Gasteiger partial charge < -0.3 is 24.4 Å². The van der Waals surface area contributed by atoms with Gasteiger partial charge in [0, 0.05) is 52.6 Å². The molecule has 0 radical (unpaired) electrons. The first-order valence-corrected chi connectivity index (χ1v) is 8.93. The van der Waals surface area contributed by atoms with Gasteiger partial charge in [-0.15, -0.1) is 0 Å². The van der Waals surface area contributed by atoms with Crippen molar-refractivity contribution in [2.45, 2.75) is 6.54 Å². The zero-order valence-corrected chi connectivity index (χ0v) is 15.4. The Morgan fingerprint density at radius 2 is 2.07 bits per heavy atom. The molecule has 0 aromatic heterocycles. The predicted octanol–water partition coefficient (Wildman–Crippen LogP) is 0.703. The van der Waals surface area contributed by atoms with E-state index in [9.17, 15) is 10.1 Å². The minimum Gasteiger partial charge on any atom is -0.454 e. The summed E-state index contributed by atoms with van der Waals surface area (Å²) in [6.45, 7) is 5.16. The summed E-state index contributed by atoms with van der Waals surface area (Å²) < 4.78 is 15.7. The molecule has 1 N–H and O–H groups in total. The third kappa shape index (κ3) is 5.12. The van der Waals surface area contributed by atoms with Crippen molar-refractivity contribution in [3.63, 3.8) is 0 Å². The van der Waals surface area contributed by atoms with Crippen LogP contribution in [0, 0.1) is 11.3 Å². The highest BCUT2D eigenvalue weighted by Gasteiger charge is 2.19. The smallest absolute Gasteiger partial charge is 0.263 e. The number of nitrogens with zero attached hydrogens (tertiary/aromatic N) is 3. The van der Waals surface area contributed by atoms with Crippen molar-refractivity contribution in [3.8, 4) is 17.6 Å². The van der Waals surface area contributed by atoms with Crippen molar-refractivity contribution in [2.24, 2.45) is 0 Å². The van der Waals surface area contributed by atoms with Gasteiger partial charge in [-0.1, -0.05) is 6.07 Å². The van der Waals surface area contributed by atoms with E-state index in [0.29, 0.717) is 13.2 Å². The Bertz CT molecular complexity index is 736. The van der Waals surface area contributed by atoms with Gasteiger partial charge in [-0.05, 0) is 17.7 Å². The van der Waals surface area contributed by atoms with Crippen LogP contribution >= 0.6 is 0 Å². The van der Waals surface area contributed by atoms with E-state index in [-0.39, 0.29) is 18.3 Å². The van der Waals surface area contributed by atoms with Crippen molar-refractivity contribution < 1.29 is 19.0 Å². The van der Waals surface area contributed by atoms with Crippen LogP contribution in [0.3, 0.4) is 0 Å². The van der Waals surface area contributed by atoms with Crippen molar-refractivity contribution in [2.75, 3.05) is 53.2 Å². The summed E-state index contributed by atoms with van der Waals surface area (Å²) in [6, 6.07) is 7.99. The number of methoxy groups -OCH3 is 1. The number of amides is 1. The van der Waals surface area contributed by atoms with Crippen LogP contribution in [-0.2, 0) is 16.1 Å². The van der Waals surface area contributed by atoms with Crippen molar-refractivity contribution in [1.29, 1.82) is 5.26 Å². The molecule has 3 rings (SSSR count). The maximum atomic E-state index is 12.0. The molecule has 1 amide bonds. The van der Waals surface area contributed by atoms with Crippen molar-refractivity contribution >= 4 is 5.91 Å². The number of nitrogens with one attached hydrogen (secondary N) is 1. The first-order chi connectivity index (χ1) is 13.2. The average Bonchev–Trinajstić information content (AvgIpc) is 3.15. The number of piperazine rings is 1. The number of carbonyl (C=O) groups excluding carboxylic acids is 1.